The first-order valence-corrected chi connectivity index (χ1v) is 6.72. The van der Waals surface area contributed by atoms with E-state index in [4.69, 9.17) is 9.84 Å². The van der Waals surface area contributed by atoms with Gasteiger partial charge in [0.15, 0.2) is 0 Å². The quantitative estimate of drug-likeness (QED) is 0.627. The van der Waals surface area contributed by atoms with Gasteiger partial charge in [0.2, 0.25) is 0 Å². The molecular weight excluding hydrogens is 218 g/mol. The molecule has 2 N–H and O–H groups in total. The first-order valence-electron chi connectivity index (χ1n) is 6.72. The van der Waals surface area contributed by atoms with E-state index in [2.05, 4.69) is 18.7 Å². The van der Waals surface area contributed by atoms with Gasteiger partial charge in [-0.3, -0.25) is 4.90 Å². The van der Waals surface area contributed by atoms with E-state index in [1.165, 1.54) is 0 Å². The van der Waals surface area contributed by atoms with Crippen molar-refractivity contribution in [2.45, 2.75) is 51.2 Å². The maximum Gasteiger partial charge on any atom is 0.0774 e. The molecule has 0 bridgehead atoms. The van der Waals surface area contributed by atoms with Gasteiger partial charge in [0, 0.05) is 19.1 Å². The predicted molar refractivity (Wildman–Crippen MR) is 68.0 cm³/mol. The average Bonchev–Trinajstić information content (AvgIpc) is 2.70. The Labute approximate surface area is 105 Å². The summed E-state index contributed by atoms with van der Waals surface area (Å²) in [5.41, 5.74) is -0.485. The molecule has 17 heavy (non-hydrogen) atoms. The molecule has 1 rings (SSSR count). The summed E-state index contributed by atoms with van der Waals surface area (Å²) in [6.45, 7) is 6.94. The van der Waals surface area contributed by atoms with Crippen molar-refractivity contribution in [3.05, 3.63) is 0 Å². The minimum absolute atomic E-state index is 0.0750. The van der Waals surface area contributed by atoms with Gasteiger partial charge in [-0.25, -0.2) is 0 Å². The topological polar surface area (TPSA) is 52.9 Å². The van der Waals surface area contributed by atoms with E-state index in [0.29, 0.717) is 19.3 Å². The molecule has 0 amide bonds. The zero-order chi connectivity index (χ0) is 12.7. The van der Waals surface area contributed by atoms with Gasteiger partial charge in [-0.2, -0.15) is 0 Å². The summed E-state index contributed by atoms with van der Waals surface area (Å²) in [6.07, 6.45) is 4.13. The van der Waals surface area contributed by atoms with E-state index in [1.54, 1.807) is 0 Å². The zero-order valence-electron chi connectivity index (χ0n) is 11.2. The highest BCUT2D eigenvalue weighted by atomic mass is 16.5. The van der Waals surface area contributed by atoms with Gasteiger partial charge in [0.25, 0.3) is 0 Å². The first kappa shape index (κ1) is 14.9. The lowest BCUT2D eigenvalue weighted by atomic mass is 10.0. The molecule has 0 atom stereocenters. The second kappa shape index (κ2) is 7.31. The van der Waals surface area contributed by atoms with Crippen LogP contribution >= 0.6 is 0 Å². The van der Waals surface area contributed by atoms with Crippen LogP contribution in [0.1, 0.15) is 39.5 Å². The lowest BCUT2D eigenvalue weighted by Crippen LogP contribution is -2.45. The number of nitrogens with zero attached hydrogens (tertiary/aromatic N) is 1. The molecular formula is C13H27NO3. The number of aliphatic hydroxyl groups is 2. The minimum Gasteiger partial charge on any atom is -0.394 e. The van der Waals surface area contributed by atoms with Crippen molar-refractivity contribution in [3.63, 3.8) is 0 Å². The average molecular weight is 245 g/mol. The van der Waals surface area contributed by atoms with E-state index in [-0.39, 0.29) is 6.61 Å². The molecule has 0 heterocycles. The van der Waals surface area contributed by atoms with Gasteiger partial charge < -0.3 is 14.9 Å². The third kappa shape index (κ3) is 5.34. The van der Waals surface area contributed by atoms with Crippen LogP contribution < -0.4 is 0 Å². The highest BCUT2D eigenvalue weighted by Crippen LogP contribution is 2.30. The fourth-order valence-corrected chi connectivity index (χ4v) is 2.44. The lowest BCUT2D eigenvalue weighted by Gasteiger charge is -2.34. The molecule has 1 aliphatic carbocycles. The largest absolute Gasteiger partial charge is 0.394 e. The van der Waals surface area contributed by atoms with Crippen LogP contribution in [0, 0.1) is 0 Å². The number of ether oxygens (including phenoxy) is 1. The molecule has 1 saturated carbocycles. The molecule has 102 valence electrons. The molecule has 4 heteroatoms. The highest BCUT2D eigenvalue weighted by Gasteiger charge is 2.33. The molecule has 1 aliphatic rings. The Morgan fingerprint density at radius 1 is 1.24 bits per heavy atom. The van der Waals surface area contributed by atoms with Gasteiger partial charge in [-0.15, -0.1) is 0 Å². The van der Waals surface area contributed by atoms with Gasteiger partial charge in [-0.05, 0) is 26.7 Å². The molecule has 0 aromatic carbocycles. The van der Waals surface area contributed by atoms with Crippen molar-refractivity contribution < 1.29 is 14.9 Å². The van der Waals surface area contributed by atoms with Crippen LogP contribution in [-0.4, -0.2) is 59.7 Å². The molecule has 1 fully saturated rings. The summed E-state index contributed by atoms with van der Waals surface area (Å²) in [7, 11) is 0. The number of aliphatic hydroxyl groups excluding tert-OH is 1. The minimum atomic E-state index is -0.485. The third-order valence-corrected chi connectivity index (χ3v) is 3.52. The fourth-order valence-electron chi connectivity index (χ4n) is 2.44. The second-order valence-corrected chi connectivity index (χ2v) is 5.33. The van der Waals surface area contributed by atoms with E-state index >= 15 is 0 Å². The smallest absolute Gasteiger partial charge is 0.0774 e. The second-order valence-electron chi connectivity index (χ2n) is 5.33. The van der Waals surface area contributed by atoms with Gasteiger partial charge >= 0.3 is 0 Å². The maximum atomic E-state index is 10.4. The molecule has 0 spiro atoms. The predicted octanol–water partition coefficient (Wildman–Crippen LogP) is 1.01. The van der Waals surface area contributed by atoms with Crippen LogP contribution in [0.5, 0.6) is 0 Å². The van der Waals surface area contributed by atoms with Crippen molar-refractivity contribution in [1.82, 2.24) is 4.90 Å². The van der Waals surface area contributed by atoms with Crippen molar-refractivity contribution >= 4 is 0 Å². The van der Waals surface area contributed by atoms with Crippen LogP contribution in [0.15, 0.2) is 0 Å². The number of rotatable bonds is 8. The maximum absolute atomic E-state index is 10.4. The standard InChI is InChI=1S/C13H27NO3/c1-12(2)14(7-9-17-10-8-15)11-13(16)5-3-4-6-13/h12,15-16H,3-11H2,1-2H3. The zero-order valence-corrected chi connectivity index (χ0v) is 11.2. The molecule has 0 aromatic rings. The Morgan fingerprint density at radius 2 is 1.88 bits per heavy atom. The van der Waals surface area contributed by atoms with Crippen LogP contribution in [0.25, 0.3) is 0 Å². The SMILES string of the molecule is CC(C)N(CCOCCO)CC1(O)CCCC1. The summed E-state index contributed by atoms with van der Waals surface area (Å²) >= 11 is 0. The third-order valence-electron chi connectivity index (χ3n) is 3.52. The summed E-state index contributed by atoms with van der Waals surface area (Å²) in [5.74, 6) is 0. The van der Waals surface area contributed by atoms with E-state index in [0.717, 1.165) is 38.8 Å². The van der Waals surface area contributed by atoms with Crippen molar-refractivity contribution in [1.29, 1.82) is 0 Å². The molecule has 0 aliphatic heterocycles. The van der Waals surface area contributed by atoms with E-state index in [1.807, 2.05) is 0 Å². The molecule has 0 saturated heterocycles. The Hall–Kier alpha value is -0.160. The monoisotopic (exact) mass is 245 g/mol. The Kier molecular flexibility index (Phi) is 6.41. The first-order chi connectivity index (χ1) is 8.07. The Balaban J connectivity index is 2.32. The van der Waals surface area contributed by atoms with Crippen LogP contribution in [0.4, 0.5) is 0 Å². The number of hydrogen-bond acceptors (Lipinski definition) is 4. The molecule has 4 nitrogen and oxygen atoms in total. The van der Waals surface area contributed by atoms with Gasteiger partial charge in [0.05, 0.1) is 25.4 Å². The van der Waals surface area contributed by atoms with Crippen molar-refractivity contribution in [3.8, 4) is 0 Å². The van der Waals surface area contributed by atoms with Crippen LogP contribution in [-0.2, 0) is 4.74 Å². The highest BCUT2D eigenvalue weighted by molar-refractivity contribution is 4.88. The van der Waals surface area contributed by atoms with Crippen molar-refractivity contribution in [2.75, 3.05) is 32.9 Å². The lowest BCUT2D eigenvalue weighted by molar-refractivity contribution is -0.0110. The molecule has 0 radical (unpaired) electrons. The van der Waals surface area contributed by atoms with E-state index < -0.39 is 5.60 Å². The summed E-state index contributed by atoms with van der Waals surface area (Å²) < 4.78 is 5.29. The van der Waals surface area contributed by atoms with Gasteiger partial charge in [-0.1, -0.05) is 12.8 Å². The van der Waals surface area contributed by atoms with Gasteiger partial charge in [0.1, 0.15) is 0 Å². The normalized spacial score (nSPS) is 19.4. The van der Waals surface area contributed by atoms with Crippen LogP contribution in [0.3, 0.4) is 0 Å². The molecule has 0 unspecified atom stereocenters. The summed E-state index contributed by atoms with van der Waals surface area (Å²) in [4.78, 5) is 2.27. The van der Waals surface area contributed by atoms with Crippen molar-refractivity contribution in [2.24, 2.45) is 0 Å². The summed E-state index contributed by atoms with van der Waals surface area (Å²) in [6, 6.07) is 0.414. The molecule has 0 aromatic heterocycles. The Bertz CT molecular complexity index is 203. The fraction of sp³-hybridized carbons (Fsp3) is 1.00. The van der Waals surface area contributed by atoms with Crippen LogP contribution in [0.2, 0.25) is 0 Å². The van der Waals surface area contributed by atoms with E-state index in [9.17, 15) is 5.11 Å². The Morgan fingerprint density at radius 3 is 2.41 bits per heavy atom. The summed E-state index contributed by atoms with van der Waals surface area (Å²) in [5, 5.41) is 19.0. The number of hydrogen-bond donors (Lipinski definition) is 2.